The molecule has 2 aromatic heterocycles. The summed E-state index contributed by atoms with van der Waals surface area (Å²) in [5, 5.41) is 11.7. The molecule has 0 fully saturated rings. The number of amides is 1. The van der Waals surface area contributed by atoms with Crippen molar-refractivity contribution in [1.29, 1.82) is 0 Å². The summed E-state index contributed by atoms with van der Waals surface area (Å²) in [5.41, 5.74) is 0.669. The first-order valence-electron chi connectivity index (χ1n) is 6.80. The smallest absolute Gasteiger partial charge is 0.244 e. The Morgan fingerprint density at radius 3 is 3.04 bits per heavy atom. The van der Waals surface area contributed by atoms with E-state index < -0.39 is 0 Å². The zero-order chi connectivity index (χ0) is 16.2. The number of H-pyrrole nitrogens is 1. The molecule has 0 atom stereocenters. The number of benzene rings is 1. The van der Waals surface area contributed by atoms with Crippen LogP contribution in [0.1, 0.15) is 0 Å². The number of rotatable bonds is 5. The third-order valence-electron chi connectivity index (χ3n) is 3.16. The third kappa shape index (κ3) is 3.49. The number of carbonyl (C=O) groups is 1. The highest BCUT2D eigenvalue weighted by Gasteiger charge is 2.13. The summed E-state index contributed by atoms with van der Waals surface area (Å²) in [7, 11) is 1.58. The predicted molar refractivity (Wildman–Crippen MR) is 92.3 cm³/mol. The standard InChI is InChI=1S/C15H14N4O2S2/c1-21-11-5-2-4-10(8-11)16-13(20)9-19-14(17-18-15(19)22)12-6-3-7-23-12/h2-8H,9H2,1H3,(H,16,20)(H,18,22). The molecule has 8 heteroatoms. The van der Waals surface area contributed by atoms with Gasteiger partial charge in [-0.2, -0.15) is 5.10 Å². The van der Waals surface area contributed by atoms with E-state index in [1.807, 2.05) is 29.6 Å². The summed E-state index contributed by atoms with van der Waals surface area (Å²) in [6.45, 7) is 0.0831. The van der Waals surface area contributed by atoms with Gasteiger partial charge in [-0.05, 0) is 35.8 Å². The SMILES string of the molecule is COc1cccc(NC(=O)Cn2c(-c3cccs3)n[nH]c2=S)c1. The number of ether oxygens (including phenoxy) is 1. The van der Waals surface area contributed by atoms with Crippen LogP contribution in [0.4, 0.5) is 5.69 Å². The topological polar surface area (TPSA) is 71.9 Å². The van der Waals surface area contributed by atoms with Gasteiger partial charge in [-0.25, -0.2) is 0 Å². The van der Waals surface area contributed by atoms with E-state index in [-0.39, 0.29) is 12.5 Å². The molecule has 0 unspecified atom stereocenters. The van der Waals surface area contributed by atoms with E-state index in [4.69, 9.17) is 17.0 Å². The number of hydrogen-bond acceptors (Lipinski definition) is 5. The van der Waals surface area contributed by atoms with Crippen molar-refractivity contribution in [3.05, 3.63) is 46.5 Å². The maximum absolute atomic E-state index is 12.3. The van der Waals surface area contributed by atoms with E-state index in [1.54, 1.807) is 35.1 Å². The van der Waals surface area contributed by atoms with Crippen molar-refractivity contribution in [2.45, 2.75) is 6.54 Å². The molecule has 2 heterocycles. The number of aromatic amines is 1. The van der Waals surface area contributed by atoms with Crippen LogP contribution in [-0.2, 0) is 11.3 Å². The summed E-state index contributed by atoms with van der Waals surface area (Å²) < 4.78 is 7.23. The van der Waals surface area contributed by atoms with E-state index in [2.05, 4.69) is 15.5 Å². The van der Waals surface area contributed by atoms with Gasteiger partial charge in [-0.3, -0.25) is 14.5 Å². The van der Waals surface area contributed by atoms with E-state index >= 15 is 0 Å². The lowest BCUT2D eigenvalue weighted by Crippen LogP contribution is -2.19. The van der Waals surface area contributed by atoms with Crippen LogP contribution in [0.25, 0.3) is 10.7 Å². The van der Waals surface area contributed by atoms with E-state index in [9.17, 15) is 4.79 Å². The second-order valence-electron chi connectivity index (χ2n) is 4.70. The molecule has 118 valence electrons. The monoisotopic (exact) mass is 346 g/mol. The van der Waals surface area contributed by atoms with Crippen molar-refractivity contribution in [2.24, 2.45) is 0 Å². The van der Waals surface area contributed by atoms with Crippen molar-refractivity contribution in [1.82, 2.24) is 14.8 Å². The molecule has 0 aliphatic rings. The van der Waals surface area contributed by atoms with Gasteiger partial charge in [0.2, 0.25) is 5.91 Å². The fourth-order valence-electron chi connectivity index (χ4n) is 2.10. The Labute approximate surface area is 141 Å². The number of aromatic nitrogens is 3. The fraction of sp³-hybridized carbons (Fsp3) is 0.133. The van der Waals surface area contributed by atoms with Crippen LogP contribution in [0.5, 0.6) is 5.75 Å². The van der Waals surface area contributed by atoms with Gasteiger partial charge in [0, 0.05) is 11.8 Å². The minimum Gasteiger partial charge on any atom is -0.497 e. The molecule has 0 saturated heterocycles. The lowest BCUT2D eigenvalue weighted by molar-refractivity contribution is -0.116. The molecule has 0 spiro atoms. The number of hydrogen-bond donors (Lipinski definition) is 2. The van der Waals surface area contributed by atoms with Gasteiger partial charge in [0.15, 0.2) is 10.6 Å². The maximum atomic E-state index is 12.3. The second kappa shape index (κ2) is 6.76. The summed E-state index contributed by atoms with van der Waals surface area (Å²) in [6.07, 6.45) is 0. The largest absolute Gasteiger partial charge is 0.497 e. The van der Waals surface area contributed by atoms with Crippen molar-refractivity contribution >= 4 is 35.1 Å². The molecule has 0 radical (unpaired) electrons. The molecule has 3 aromatic rings. The van der Waals surface area contributed by atoms with Crippen LogP contribution in [0.2, 0.25) is 0 Å². The predicted octanol–water partition coefficient (Wildman–Crippen LogP) is 3.32. The molecule has 0 aliphatic carbocycles. The number of anilines is 1. The summed E-state index contributed by atoms with van der Waals surface area (Å²) in [6, 6.07) is 11.1. The molecule has 0 saturated carbocycles. The van der Waals surface area contributed by atoms with E-state index in [0.29, 0.717) is 22.0 Å². The first-order chi connectivity index (χ1) is 11.2. The molecule has 0 bridgehead atoms. The van der Waals surface area contributed by atoms with Gasteiger partial charge in [0.05, 0.1) is 12.0 Å². The maximum Gasteiger partial charge on any atom is 0.244 e. The van der Waals surface area contributed by atoms with Gasteiger partial charge in [0.1, 0.15) is 12.3 Å². The molecule has 1 amide bonds. The Balaban J connectivity index is 1.78. The molecule has 0 aliphatic heterocycles. The Hall–Kier alpha value is -2.45. The highest BCUT2D eigenvalue weighted by molar-refractivity contribution is 7.71. The third-order valence-corrected chi connectivity index (χ3v) is 4.33. The van der Waals surface area contributed by atoms with Gasteiger partial charge in [-0.1, -0.05) is 12.1 Å². The number of nitrogens with zero attached hydrogens (tertiary/aromatic N) is 2. The zero-order valence-corrected chi connectivity index (χ0v) is 13.9. The number of methoxy groups -OCH3 is 1. The lowest BCUT2D eigenvalue weighted by atomic mass is 10.3. The van der Waals surface area contributed by atoms with Crippen LogP contribution < -0.4 is 10.1 Å². The van der Waals surface area contributed by atoms with Crippen molar-refractivity contribution < 1.29 is 9.53 Å². The normalized spacial score (nSPS) is 10.5. The summed E-state index contributed by atoms with van der Waals surface area (Å²) in [5.74, 6) is 1.15. The van der Waals surface area contributed by atoms with Crippen LogP contribution in [0, 0.1) is 4.77 Å². The average Bonchev–Trinajstić information content (AvgIpc) is 3.18. The summed E-state index contributed by atoms with van der Waals surface area (Å²) in [4.78, 5) is 13.2. The number of thiophene rings is 1. The molecular formula is C15H14N4O2S2. The Morgan fingerprint density at radius 2 is 2.30 bits per heavy atom. The molecule has 6 nitrogen and oxygen atoms in total. The van der Waals surface area contributed by atoms with Crippen molar-refractivity contribution in [3.63, 3.8) is 0 Å². The number of carbonyl (C=O) groups excluding carboxylic acids is 1. The molecular weight excluding hydrogens is 332 g/mol. The Morgan fingerprint density at radius 1 is 1.43 bits per heavy atom. The molecule has 1 aromatic carbocycles. The highest BCUT2D eigenvalue weighted by Crippen LogP contribution is 2.23. The van der Waals surface area contributed by atoms with E-state index in [0.717, 1.165) is 4.88 Å². The first-order valence-corrected chi connectivity index (χ1v) is 8.09. The average molecular weight is 346 g/mol. The fourth-order valence-corrected chi connectivity index (χ4v) is 3.02. The van der Waals surface area contributed by atoms with Crippen molar-refractivity contribution in [3.8, 4) is 16.5 Å². The van der Waals surface area contributed by atoms with Crippen molar-refractivity contribution in [2.75, 3.05) is 12.4 Å². The molecule has 2 N–H and O–H groups in total. The van der Waals surface area contributed by atoms with E-state index in [1.165, 1.54) is 0 Å². The highest BCUT2D eigenvalue weighted by atomic mass is 32.1. The molecule has 23 heavy (non-hydrogen) atoms. The van der Waals surface area contributed by atoms with Gasteiger partial charge in [-0.15, -0.1) is 11.3 Å². The van der Waals surface area contributed by atoms with Crippen LogP contribution in [0.3, 0.4) is 0 Å². The quantitative estimate of drug-likeness (QED) is 0.695. The Bertz CT molecular complexity index is 868. The van der Waals surface area contributed by atoms with Crippen LogP contribution >= 0.6 is 23.6 Å². The van der Waals surface area contributed by atoms with Gasteiger partial charge in [0.25, 0.3) is 0 Å². The Kier molecular flexibility index (Phi) is 4.54. The first kappa shape index (κ1) is 15.4. The van der Waals surface area contributed by atoms with Crippen LogP contribution in [0.15, 0.2) is 41.8 Å². The minimum absolute atomic E-state index is 0.0831. The second-order valence-corrected chi connectivity index (χ2v) is 6.03. The zero-order valence-electron chi connectivity index (χ0n) is 12.3. The van der Waals surface area contributed by atoms with Gasteiger partial charge < -0.3 is 10.1 Å². The minimum atomic E-state index is -0.187. The lowest BCUT2D eigenvalue weighted by Gasteiger charge is -2.08. The van der Waals surface area contributed by atoms with Crippen LogP contribution in [-0.4, -0.2) is 27.8 Å². The number of nitrogens with one attached hydrogen (secondary N) is 2. The van der Waals surface area contributed by atoms with Gasteiger partial charge >= 0.3 is 0 Å². The summed E-state index contributed by atoms with van der Waals surface area (Å²) >= 11 is 6.76. The molecule has 3 rings (SSSR count).